The fourth-order valence-corrected chi connectivity index (χ4v) is 5.75. The number of rotatable bonds is 28. The van der Waals surface area contributed by atoms with Crippen molar-refractivity contribution >= 4 is 11.8 Å². The van der Waals surface area contributed by atoms with Crippen LogP contribution in [0.25, 0.3) is 0 Å². The third-order valence-electron chi connectivity index (χ3n) is 8.39. The highest BCUT2D eigenvalue weighted by molar-refractivity contribution is 5.96. The van der Waals surface area contributed by atoms with Gasteiger partial charge in [0.1, 0.15) is 12.1 Å². The Morgan fingerprint density at radius 2 is 1.02 bits per heavy atom. The lowest BCUT2D eigenvalue weighted by Crippen LogP contribution is -2.62. The van der Waals surface area contributed by atoms with Crippen molar-refractivity contribution < 1.29 is 24.9 Å². The Morgan fingerprint density at radius 1 is 0.610 bits per heavy atom. The van der Waals surface area contributed by atoms with Crippen molar-refractivity contribution in [1.82, 2.24) is 15.5 Å². The molecule has 2 amide bonds. The van der Waals surface area contributed by atoms with Gasteiger partial charge in [-0.2, -0.15) is 0 Å². The van der Waals surface area contributed by atoms with Gasteiger partial charge in [-0.3, -0.25) is 14.5 Å². The third-order valence-corrected chi connectivity index (χ3v) is 8.39. The van der Waals surface area contributed by atoms with E-state index in [1.807, 2.05) is 0 Å². The minimum absolute atomic E-state index is 0.248. The van der Waals surface area contributed by atoms with Crippen molar-refractivity contribution in [2.75, 3.05) is 26.2 Å². The number of carbonyl (C=O) groups excluding carboxylic acids is 2. The highest BCUT2D eigenvalue weighted by atomic mass is 16.3. The molecule has 8 nitrogen and oxygen atoms in total. The summed E-state index contributed by atoms with van der Waals surface area (Å²) in [6.45, 7) is 5.94. The Balaban J connectivity index is 2.40. The van der Waals surface area contributed by atoms with Gasteiger partial charge in [0, 0.05) is 13.1 Å². The van der Waals surface area contributed by atoms with Crippen LogP contribution >= 0.6 is 0 Å². The summed E-state index contributed by atoms with van der Waals surface area (Å²) in [7, 11) is 0. The Morgan fingerprint density at radius 3 is 1.49 bits per heavy atom. The zero-order valence-electron chi connectivity index (χ0n) is 26.6. The molecule has 0 bridgehead atoms. The van der Waals surface area contributed by atoms with Crippen molar-refractivity contribution in [2.24, 2.45) is 0 Å². The van der Waals surface area contributed by atoms with Crippen molar-refractivity contribution in [3.63, 3.8) is 0 Å². The number of nitrogens with zero attached hydrogens (tertiary/aromatic N) is 1. The van der Waals surface area contributed by atoms with Gasteiger partial charge in [-0.25, -0.2) is 0 Å². The molecule has 4 atom stereocenters. The summed E-state index contributed by atoms with van der Waals surface area (Å²) in [5, 5.41) is 36.0. The molecule has 1 heterocycles. The topological polar surface area (TPSA) is 122 Å². The van der Waals surface area contributed by atoms with Crippen LogP contribution < -0.4 is 10.6 Å². The highest BCUT2D eigenvalue weighted by Gasteiger charge is 2.32. The summed E-state index contributed by atoms with van der Waals surface area (Å²) >= 11 is 0. The molecule has 0 aliphatic carbocycles. The number of carbonyl (C=O) groups is 2. The minimum atomic E-state index is -0.862. The number of nitrogens with one attached hydrogen (secondary N) is 2. The van der Waals surface area contributed by atoms with Crippen LogP contribution in [-0.2, 0) is 9.59 Å². The van der Waals surface area contributed by atoms with Crippen molar-refractivity contribution in [1.29, 1.82) is 0 Å². The largest absolute Gasteiger partial charge is 0.394 e. The zero-order chi connectivity index (χ0) is 30.1. The molecule has 0 spiro atoms. The molecule has 0 radical (unpaired) electrons. The fraction of sp³-hybridized carbons (Fsp3) is 0.939. The summed E-state index contributed by atoms with van der Waals surface area (Å²) in [5.74, 6) is -0.589. The summed E-state index contributed by atoms with van der Waals surface area (Å²) in [5.41, 5.74) is 0. The molecule has 1 fully saturated rings. The predicted molar refractivity (Wildman–Crippen MR) is 168 cm³/mol. The van der Waals surface area contributed by atoms with Gasteiger partial charge < -0.3 is 26.0 Å². The van der Waals surface area contributed by atoms with Crippen LogP contribution in [0.15, 0.2) is 0 Å². The molecular formula is C33H65N3O5. The van der Waals surface area contributed by atoms with E-state index < -0.39 is 30.9 Å². The van der Waals surface area contributed by atoms with Gasteiger partial charge >= 0.3 is 0 Å². The molecular weight excluding hydrogens is 518 g/mol. The number of amides is 2. The normalized spacial score (nSPS) is 18.9. The van der Waals surface area contributed by atoms with Crippen LogP contribution in [0, 0.1) is 0 Å². The van der Waals surface area contributed by atoms with Gasteiger partial charge in [0.15, 0.2) is 0 Å². The molecule has 242 valence electrons. The van der Waals surface area contributed by atoms with E-state index in [0.29, 0.717) is 19.5 Å². The summed E-state index contributed by atoms with van der Waals surface area (Å²) in [6.07, 6.45) is 22.8. The van der Waals surface area contributed by atoms with E-state index >= 15 is 0 Å². The average Bonchev–Trinajstić information content (AvgIpc) is 2.95. The average molecular weight is 584 g/mol. The quantitative estimate of drug-likeness (QED) is 0.0806. The monoisotopic (exact) mass is 583 g/mol. The van der Waals surface area contributed by atoms with E-state index in [9.17, 15) is 24.9 Å². The number of hydrogen-bond acceptors (Lipinski definition) is 6. The smallest absolute Gasteiger partial charge is 0.245 e. The number of hydrogen-bond donors (Lipinski definition) is 5. The van der Waals surface area contributed by atoms with E-state index in [0.717, 1.165) is 57.9 Å². The van der Waals surface area contributed by atoms with Crippen LogP contribution in [-0.4, -0.2) is 82.6 Å². The first-order valence-electron chi connectivity index (χ1n) is 17.2. The van der Waals surface area contributed by atoms with Crippen molar-refractivity contribution in [3.05, 3.63) is 0 Å². The van der Waals surface area contributed by atoms with Gasteiger partial charge in [0.25, 0.3) is 0 Å². The molecule has 1 aliphatic rings. The van der Waals surface area contributed by atoms with Crippen LogP contribution in [0.3, 0.4) is 0 Å². The number of aliphatic hydroxyl groups is 3. The second-order valence-electron chi connectivity index (χ2n) is 12.4. The maximum Gasteiger partial charge on any atom is 0.245 e. The van der Waals surface area contributed by atoms with Gasteiger partial charge in [0.2, 0.25) is 11.8 Å². The molecule has 1 saturated heterocycles. The van der Waals surface area contributed by atoms with E-state index in [-0.39, 0.29) is 11.8 Å². The zero-order valence-corrected chi connectivity index (χ0v) is 26.6. The van der Waals surface area contributed by atoms with E-state index in [2.05, 4.69) is 29.4 Å². The Hall–Kier alpha value is -1.22. The highest BCUT2D eigenvalue weighted by Crippen LogP contribution is 2.15. The molecule has 0 aromatic heterocycles. The molecule has 8 heteroatoms. The first-order valence-corrected chi connectivity index (χ1v) is 17.2. The van der Waals surface area contributed by atoms with Gasteiger partial charge in [-0.1, -0.05) is 117 Å². The van der Waals surface area contributed by atoms with E-state index in [1.165, 1.54) is 77.0 Å². The van der Waals surface area contributed by atoms with Gasteiger partial charge in [-0.05, 0) is 38.6 Å². The molecule has 41 heavy (non-hydrogen) atoms. The van der Waals surface area contributed by atoms with Gasteiger partial charge in [0.05, 0.1) is 18.8 Å². The third kappa shape index (κ3) is 19.6. The van der Waals surface area contributed by atoms with Crippen LogP contribution in [0.2, 0.25) is 0 Å². The summed E-state index contributed by atoms with van der Waals surface area (Å²) < 4.78 is 0. The van der Waals surface area contributed by atoms with Gasteiger partial charge in [-0.15, -0.1) is 0 Å². The molecule has 0 saturated carbocycles. The standard InChI is InChI=1S/C33H65N3O5/c1-3-5-7-9-11-13-15-17-21-28(38)25-36(26-29(39)22-18-16-14-12-10-8-6-4-2)24-20-19-23-30-32(40)35-31(27-37)33(41)34-30/h28-31,37-39H,3-27H2,1-2H3,(H,34,41)(H,35,40). The lowest BCUT2D eigenvalue weighted by molar-refractivity contribution is -0.137. The first-order chi connectivity index (χ1) is 19.9. The van der Waals surface area contributed by atoms with Crippen LogP contribution in [0.4, 0.5) is 0 Å². The Kier molecular flexibility index (Phi) is 23.3. The first kappa shape index (κ1) is 37.8. The molecule has 0 aromatic carbocycles. The Labute approximate surface area is 251 Å². The van der Waals surface area contributed by atoms with Crippen molar-refractivity contribution in [3.8, 4) is 0 Å². The SMILES string of the molecule is CCCCCCCCCCC(O)CN(CCCCC1NC(=O)C(CO)NC1=O)CC(O)CCCCCCCCCC. The van der Waals surface area contributed by atoms with Crippen LogP contribution in [0.5, 0.6) is 0 Å². The second kappa shape index (κ2) is 25.3. The summed E-state index contributed by atoms with van der Waals surface area (Å²) in [4.78, 5) is 26.4. The van der Waals surface area contributed by atoms with Crippen molar-refractivity contribution in [2.45, 2.75) is 173 Å². The fourth-order valence-electron chi connectivity index (χ4n) is 5.75. The number of aliphatic hydroxyl groups excluding tert-OH is 3. The molecule has 1 aliphatic heterocycles. The number of piperazine rings is 1. The lowest BCUT2D eigenvalue weighted by Gasteiger charge is -2.29. The maximum absolute atomic E-state index is 12.2. The molecule has 0 aromatic rings. The van der Waals surface area contributed by atoms with E-state index in [1.54, 1.807) is 0 Å². The molecule has 5 N–H and O–H groups in total. The molecule has 4 unspecified atom stereocenters. The van der Waals surface area contributed by atoms with E-state index in [4.69, 9.17) is 0 Å². The predicted octanol–water partition coefficient (Wildman–Crippen LogP) is 5.22. The molecule has 1 rings (SSSR count). The van der Waals surface area contributed by atoms with Crippen LogP contribution in [0.1, 0.15) is 149 Å². The second-order valence-corrected chi connectivity index (χ2v) is 12.4. The minimum Gasteiger partial charge on any atom is -0.394 e. The lowest BCUT2D eigenvalue weighted by atomic mass is 10.0. The number of unbranched alkanes of at least 4 members (excludes halogenated alkanes) is 15. The maximum atomic E-state index is 12.2. The summed E-state index contributed by atoms with van der Waals surface area (Å²) in [6, 6.07) is -1.43. The Bertz CT molecular complexity index is 622.